The lowest BCUT2D eigenvalue weighted by molar-refractivity contribution is 0.0695. The van der Waals surface area contributed by atoms with E-state index in [2.05, 4.69) is 18.9 Å². The highest BCUT2D eigenvalue weighted by molar-refractivity contribution is 5.93. The monoisotopic (exact) mass is 265 g/mol. The summed E-state index contributed by atoms with van der Waals surface area (Å²) in [5, 5.41) is 9.17. The second-order valence-electron chi connectivity index (χ2n) is 4.81. The van der Waals surface area contributed by atoms with E-state index < -0.39 is 5.97 Å². The van der Waals surface area contributed by atoms with Gasteiger partial charge in [-0.05, 0) is 57.1 Å². The molecule has 5 N–H and O–H groups in total. The SMILES string of the molecule is CCCN(C)CCCc1c(C(=O)O)ccc(N)c1N. The first-order chi connectivity index (χ1) is 8.97. The summed E-state index contributed by atoms with van der Waals surface area (Å²) in [5.74, 6) is -0.955. The number of nitrogens with two attached hydrogens (primary N) is 2. The minimum Gasteiger partial charge on any atom is -0.478 e. The smallest absolute Gasteiger partial charge is 0.336 e. The molecule has 19 heavy (non-hydrogen) atoms. The third kappa shape index (κ3) is 4.13. The number of aromatic carboxylic acids is 1. The largest absolute Gasteiger partial charge is 0.478 e. The summed E-state index contributed by atoms with van der Waals surface area (Å²) in [6, 6.07) is 3.07. The average molecular weight is 265 g/mol. The molecular weight excluding hydrogens is 242 g/mol. The van der Waals surface area contributed by atoms with Crippen LogP contribution >= 0.6 is 0 Å². The van der Waals surface area contributed by atoms with Crippen LogP contribution in [-0.4, -0.2) is 36.1 Å². The van der Waals surface area contributed by atoms with E-state index in [0.717, 1.165) is 25.9 Å². The maximum atomic E-state index is 11.2. The average Bonchev–Trinajstić information content (AvgIpc) is 2.34. The minimum atomic E-state index is -0.955. The first kappa shape index (κ1) is 15.3. The lowest BCUT2D eigenvalue weighted by atomic mass is 9.99. The lowest BCUT2D eigenvalue weighted by Gasteiger charge is -2.16. The van der Waals surface area contributed by atoms with Gasteiger partial charge in [-0.15, -0.1) is 0 Å². The zero-order chi connectivity index (χ0) is 14.4. The van der Waals surface area contributed by atoms with Gasteiger partial charge in [-0.25, -0.2) is 4.79 Å². The van der Waals surface area contributed by atoms with Gasteiger partial charge >= 0.3 is 5.97 Å². The van der Waals surface area contributed by atoms with Crippen LogP contribution in [0.4, 0.5) is 11.4 Å². The Morgan fingerprint density at radius 2 is 2.00 bits per heavy atom. The van der Waals surface area contributed by atoms with Crippen molar-refractivity contribution in [1.82, 2.24) is 4.90 Å². The van der Waals surface area contributed by atoms with Gasteiger partial charge in [0.15, 0.2) is 0 Å². The van der Waals surface area contributed by atoms with Gasteiger partial charge in [-0.2, -0.15) is 0 Å². The number of benzene rings is 1. The summed E-state index contributed by atoms with van der Waals surface area (Å²) >= 11 is 0. The minimum absolute atomic E-state index is 0.254. The fourth-order valence-electron chi connectivity index (χ4n) is 2.17. The van der Waals surface area contributed by atoms with Crippen LogP contribution in [-0.2, 0) is 6.42 Å². The van der Waals surface area contributed by atoms with E-state index >= 15 is 0 Å². The van der Waals surface area contributed by atoms with E-state index in [9.17, 15) is 4.79 Å². The summed E-state index contributed by atoms with van der Waals surface area (Å²) in [4.78, 5) is 13.4. The van der Waals surface area contributed by atoms with Crippen LogP contribution in [0.1, 0.15) is 35.7 Å². The molecule has 0 saturated carbocycles. The first-order valence-electron chi connectivity index (χ1n) is 6.56. The number of carbonyl (C=O) groups is 1. The second-order valence-corrected chi connectivity index (χ2v) is 4.81. The summed E-state index contributed by atoms with van der Waals surface area (Å²) in [6.45, 7) is 4.09. The Labute approximate surface area is 114 Å². The molecule has 0 spiro atoms. The maximum Gasteiger partial charge on any atom is 0.336 e. The zero-order valence-corrected chi connectivity index (χ0v) is 11.6. The Bertz CT molecular complexity index is 447. The van der Waals surface area contributed by atoms with Gasteiger partial charge in [-0.1, -0.05) is 6.92 Å². The second kappa shape index (κ2) is 6.99. The van der Waals surface area contributed by atoms with Crippen LogP contribution in [0.25, 0.3) is 0 Å². The van der Waals surface area contributed by atoms with E-state index in [1.807, 2.05) is 0 Å². The lowest BCUT2D eigenvalue weighted by Crippen LogP contribution is -2.21. The molecule has 0 amide bonds. The number of rotatable bonds is 7. The number of carboxylic acids is 1. The van der Waals surface area contributed by atoms with Crippen LogP contribution < -0.4 is 11.5 Å². The predicted molar refractivity (Wildman–Crippen MR) is 78.3 cm³/mol. The Hall–Kier alpha value is -1.75. The third-order valence-corrected chi connectivity index (χ3v) is 3.19. The molecule has 0 bridgehead atoms. The van der Waals surface area contributed by atoms with Crippen LogP contribution in [0.2, 0.25) is 0 Å². The molecule has 106 valence electrons. The van der Waals surface area contributed by atoms with Crippen molar-refractivity contribution in [1.29, 1.82) is 0 Å². The molecule has 0 aliphatic heterocycles. The Morgan fingerprint density at radius 3 is 2.58 bits per heavy atom. The molecule has 1 aromatic carbocycles. The topological polar surface area (TPSA) is 92.6 Å². The van der Waals surface area contributed by atoms with Crippen molar-refractivity contribution in [2.75, 3.05) is 31.6 Å². The predicted octanol–water partition coefficient (Wildman–Crippen LogP) is 1.82. The van der Waals surface area contributed by atoms with E-state index in [1.54, 1.807) is 6.07 Å². The molecule has 0 saturated heterocycles. The molecule has 0 fully saturated rings. The number of nitrogen functional groups attached to an aromatic ring is 2. The quantitative estimate of drug-likeness (QED) is 0.654. The zero-order valence-electron chi connectivity index (χ0n) is 11.6. The van der Waals surface area contributed by atoms with Gasteiger partial charge in [-0.3, -0.25) is 0 Å². The van der Waals surface area contributed by atoms with Gasteiger partial charge in [0.05, 0.1) is 16.9 Å². The van der Waals surface area contributed by atoms with Crippen molar-refractivity contribution in [2.24, 2.45) is 0 Å². The van der Waals surface area contributed by atoms with Crippen LogP contribution in [0, 0.1) is 0 Å². The van der Waals surface area contributed by atoms with Gasteiger partial charge in [0, 0.05) is 0 Å². The Kier molecular flexibility index (Phi) is 5.63. The molecule has 0 heterocycles. The van der Waals surface area contributed by atoms with E-state index in [1.165, 1.54) is 6.07 Å². The normalized spacial score (nSPS) is 10.9. The standard InChI is InChI=1S/C14H23N3O2/c1-3-8-17(2)9-4-5-10-11(14(18)19)6-7-12(15)13(10)16/h6-7H,3-5,8-9,15-16H2,1-2H3,(H,18,19). The van der Waals surface area contributed by atoms with Gasteiger partial charge in [0.25, 0.3) is 0 Å². The first-order valence-corrected chi connectivity index (χ1v) is 6.56. The molecule has 0 aromatic heterocycles. The van der Waals surface area contributed by atoms with Crippen molar-refractivity contribution >= 4 is 17.3 Å². The molecule has 1 aromatic rings. The molecule has 0 atom stereocenters. The molecule has 1 rings (SSSR count). The summed E-state index contributed by atoms with van der Waals surface area (Å²) < 4.78 is 0. The molecule has 0 aliphatic carbocycles. The van der Waals surface area contributed by atoms with Gasteiger partial charge in [0.1, 0.15) is 0 Å². The number of nitrogens with zero attached hydrogens (tertiary/aromatic N) is 1. The van der Waals surface area contributed by atoms with Gasteiger partial charge in [0.2, 0.25) is 0 Å². The van der Waals surface area contributed by atoms with Crippen LogP contribution in [0.5, 0.6) is 0 Å². The maximum absolute atomic E-state index is 11.2. The van der Waals surface area contributed by atoms with E-state index in [0.29, 0.717) is 23.4 Å². The Balaban J connectivity index is 2.76. The number of carboxylic acid groups (broad SMARTS) is 1. The van der Waals surface area contributed by atoms with Crippen LogP contribution in [0.15, 0.2) is 12.1 Å². The summed E-state index contributed by atoms with van der Waals surface area (Å²) in [5.41, 5.74) is 13.4. The van der Waals surface area contributed by atoms with Crippen molar-refractivity contribution in [2.45, 2.75) is 26.2 Å². The highest BCUT2D eigenvalue weighted by atomic mass is 16.4. The van der Waals surface area contributed by atoms with Crippen molar-refractivity contribution < 1.29 is 9.90 Å². The number of hydrogen-bond donors (Lipinski definition) is 3. The molecular formula is C14H23N3O2. The van der Waals surface area contributed by atoms with E-state index in [4.69, 9.17) is 16.6 Å². The van der Waals surface area contributed by atoms with Crippen molar-refractivity contribution in [3.8, 4) is 0 Å². The summed E-state index contributed by atoms with van der Waals surface area (Å²) in [7, 11) is 2.06. The molecule has 0 aliphatic rings. The fraction of sp³-hybridized carbons (Fsp3) is 0.500. The molecule has 5 heteroatoms. The summed E-state index contributed by atoms with van der Waals surface area (Å²) in [6.07, 6.45) is 2.61. The number of hydrogen-bond acceptors (Lipinski definition) is 4. The third-order valence-electron chi connectivity index (χ3n) is 3.19. The molecule has 0 radical (unpaired) electrons. The number of anilines is 2. The fourth-order valence-corrected chi connectivity index (χ4v) is 2.17. The van der Waals surface area contributed by atoms with Crippen molar-refractivity contribution in [3.63, 3.8) is 0 Å². The highest BCUT2D eigenvalue weighted by Crippen LogP contribution is 2.25. The van der Waals surface area contributed by atoms with Crippen LogP contribution in [0.3, 0.4) is 0 Å². The molecule has 0 unspecified atom stereocenters. The highest BCUT2D eigenvalue weighted by Gasteiger charge is 2.14. The van der Waals surface area contributed by atoms with Crippen molar-refractivity contribution in [3.05, 3.63) is 23.3 Å². The molecule has 5 nitrogen and oxygen atoms in total. The van der Waals surface area contributed by atoms with E-state index in [-0.39, 0.29) is 5.56 Å². The van der Waals surface area contributed by atoms with Gasteiger partial charge < -0.3 is 21.5 Å². The Morgan fingerprint density at radius 1 is 1.32 bits per heavy atom.